The van der Waals surface area contributed by atoms with Gasteiger partial charge in [-0.05, 0) is 6.07 Å². The Bertz CT molecular complexity index is 1090. The van der Waals surface area contributed by atoms with Crippen molar-refractivity contribution in [2.24, 2.45) is 0 Å². The van der Waals surface area contributed by atoms with Gasteiger partial charge in [-0.1, -0.05) is 0 Å². The van der Waals surface area contributed by atoms with E-state index in [1.165, 1.54) is 0 Å². The molecule has 2 aromatic carbocycles. The van der Waals surface area contributed by atoms with Gasteiger partial charge >= 0.3 is 0 Å². The van der Waals surface area contributed by atoms with Gasteiger partial charge in [0.1, 0.15) is 5.82 Å². The molecule has 0 atom stereocenters. The smallest absolute Gasteiger partial charge is 0.264 e. The molecule has 2 heterocycles. The summed E-state index contributed by atoms with van der Waals surface area (Å²) in [4.78, 5) is 50.0. The van der Waals surface area contributed by atoms with Gasteiger partial charge in [-0.25, -0.2) is 13.2 Å². The summed E-state index contributed by atoms with van der Waals surface area (Å²) >= 11 is 0. The molecule has 6 nitrogen and oxygen atoms in total. The molecule has 0 aromatic heterocycles. The number of rotatable bonds is 0. The van der Waals surface area contributed by atoms with E-state index in [-0.39, 0.29) is 0 Å². The Balaban J connectivity index is 2.38. The second kappa shape index (κ2) is 4.44. The first kappa shape index (κ1) is 15.3. The molecule has 2 aliphatic rings. The minimum absolute atomic E-state index is 0.418. The Morgan fingerprint density at radius 1 is 0.680 bits per heavy atom. The summed E-state index contributed by atoms with van der Waals surface area (Å²) in [5.41, 5.74) is -2.78. The Labute approximate surface area is 137 Å². The molecule has 0 fully saturated rings. The molecular weight excluding hydrogens is 341 g/mol. The molecule has 0 unspecified atom stereocenters. The van der Waals surface area contributed by atoms with E-state index in [4.69, 9.17) is 0 Å². The molecule has 0 N–H and O–H groups in total. The predicted octanol–water partition coefficient (Wildman–Crippen LogP) is 1.71. The lowest BCUT2D eigenvalue weighted by molar-refractivity contribution is 0.0620. The van der Waals surface area contributed by atoms with E-state index in [0.29, 0.717) is 15.9 Å². The Morgan fingerprint density at radius 2 is 1.12 bits per heavy atom. The third kappa shape index (κ3) is 1.55. The minimum atomic E-state index is -1.67. The van der Waals surface area contributed by atoms with Crippen LogP contribution in [0.3, 0.4) is 0 Å². The van der Waals surface area contributed by atoms with Crippen molar-refractivity contribution < 1.29 is 32.3 Å². The molecule has 2 aliphatic heterocycles. The van der Waals surface area contributed by atoms with Gasteiger partial charge in [0.25, 0.3) is 23.6 Å². The second-order valence-electron chi connectivity index (χ2n) is 5.75. The van der Waals surface area contributed by atoms with Crippen molar-refractivity contribution in [3.05, 3.63) is 45.8 Å². The SMILES string of the molecule is CN1C(=O)c2cc(F)c3c4c(c(F)c(F)c(c24)C1=O)C(=O)N(C)C3=O. The second-order valence-corrected chi connectivity index (χ2v) is 5.75. The molecule has 4 amide bonds. The lowest BCUT2D eigenvalue weighted by Crippen LogP contribution is -2.42. The van der Waals surface area contributed by atoms with Crippen LogP contribution in [0.2, 0.25) is 0 Å². The van der Waals surface area contributed by atoms with Gasteiger partial charge in [0, 0.05) is 24.9 Å². The predicted molar refractivity (Wildman–Crippen MR) is 76.7 cm³/mol. The van der Waals surface area contributed by atoms with Gasteiger partial charge in [0.05, 0.1) is 22.3 Å². The quantitative estimate of drug-likeness (QED) is 0.680. The molecule has 0 radical (unpaired) electrons. The zero-order chi connectivity index (χ0) is 18.4. The molecule has 0 saturated carbocycles. The molecule has 9 heteroatoms. The van der Waals surface area contributed by atoms with Crippen LogP contribution < -0.4 is 0 Å². The van der Waals surface area contributed by atoms with Crippen molar-refractivity contribution in [2.45, 2.75) is 0 Å². The molecular formula is C16H7F3N2O4. The Morgan fingerprint density at radius 3 is 1.68 bits per heavy atom. The summed E-state index contributed by atoms with van der Waals surface area (Å²) in [6, 6.07) is 0.690. The van der Waals surface area contributed by atoms with Crippen LogP contribution in [-0.4, -0.2) is 47.5 Å². The maximum atomic E-state index is 14.5. The van der Waals surface area contributed by atoms with Crippen molar-refractivity contribution in [3.63, 3.8) is 0 Å². The fourth-order valence-corrected chi connectivity index (χ4v) is 3.25. The maximum absolute atomic E-state index is 14.5. The first-order valence-corrected chi connectivity index (χ1v) is 7.00. The van der Waals surface area contributed by atoms with Crippen LogP contribution in [0.25, 0.3) is 10.8 Å². The number of amides is 4. The largest absolute Gasteiger partial charge is 0.277 e. The standard InChI is InChI=1S/C16H7F3N2O4/c1-20-13(22)4-3-5(17)7-8-6(4)9(15(20)24)11(18)12(19)10(8)16(25)21(2)14(7)23/h3H,1-2H3. The van der Waals surface area contributed by atoms with Crippen LogP contribution >= 0.6 is 0 Å². The Hall–Kier alpha value is -3.23. The Kier molecular flexibility index (Phi) is 2.72. The fraction of sp³-hybridized carbons (Fsp3) is 0.125. The first-order valence-electron chi connectivity index (χ1n) is 7.00. The van der Waals surface area contributed by atoms with Gasteiger partial charge in [-0.3, -0.25) is 29.0 Å². The molecule has 4 rings (SSSR count). The molecule has 0 bridgehead atoms. The summed E-state index contributed by atoms with van der Waals surface area (Å²) in [7, 11) is 2.03. The normalized spacial score (nSPS) is 16.4. The van der Waals surface area contributed by atoms with E-state index in [1.807, 2.05) is 0 Å². The third-order valence-electron chi connectivity index (χ3n) is 4.50. The number of imide groups is 2. The van der Waals surface area contributed by atoms with Crippen LogP contribution in [0.1, 0.15) is 41.4 Å². The number of benzene rings is 2. The van der Waals surface area contributed by atoms with Gasteiger partial charge in [-0.15, -0.1) is 0 Å². The van der Waals surface area contributed by atoms with Crippen molar-refractivity contribution in [1.82, 2.24) is 9.80 Å². The van der Waals surface area contributed by atoms with E-state index < -0.39 is 74.1 Å². The monoisotopic (exact) mass is 348 g/mol. The third-order valence-corrected chi connectivity index (χ3v) is 4.50. The molecule has 126 valence electrons. The van der Waals surface area contributed by atoms with Crippen molar-refractivity contribution in [1.29, 1.82) is 0 Å². The molecule has 25 heavy (non-hydrogen) atoms. The molecule has 0 aliphatic carbocycles. The van der Waals surface area contributed by atoms with Crippen molar-refractivity contribution in [3.8, 4) is 0 Å². The van der Waals surface area contributed by atoms with Gasteiger partial charge in [0.15, 0.2) is 11.6 Å². The van der Waals surface area contributed by atoms with E-state index in [9.17, 15) is 32.3 Å². The van der Waals surface area contributed by atoms with Crippen molar-refractivity contribution in [2.75, 3.05) is 14.1 Å². The number of carbonyl (C=O) groups is 4. The number of hydrogen-bond acceptors (Lipinski definition) is 4. The lowest BCUT2D eigenvalue weighted by atomic mass is 9.85. The molecule has 2 aromatic rings. The topological polar surface area (TPSA) is 74.8 Å². The van der Waals surface area contributed by atoms with Gasteiger partial charge < -0.3 is 0 Å². The van der Waals surface area contributed by atoms with Crippen LogP contribution in [0.4, 0.5) is 13.2 Å². The summed E-state index contributed by atoms with van der Waals surface area (Å²) in [5.74, 6) is -8.80. The van der Waals surface area contributed by atoms with E-state index >= 15 is 0 Å². The summed E-state index contributed by atoms with van der Waals surface area (Å²) in [6.45, 7) is 0. The zero-order valence-corrected chi connectivity index (χ0v) is 12.7. The number of carbonyl (C=O) groups excluding carboxylic acids is 4. The number of halogens is 3. The highest BCUT2D eigenvalue weighted by Gasteiger charge is 2.43. The highest BCUT2D eigenvalue weighted by molar-refractivity contribution is 6.33. The van der Waals surface area contributed by atoms with E-state index in [1.54, 1.807) is 0 Å². The highest BCUT2D eigenvalue weighted by atomic mass is 19.2. The summed E-state index contributed by atoms with van der Waals surface area (Å²) in [6.07, 6.45) is 0. The minimum Gasteiger partial charge on any atom is -0.277 e. The zero-order valence-electron chi connectivity index (χ0n) is 12.7. The van der Waals surface area contributed by atoms with Gasteiger partial charge in [-0.2, -0.15) is 0 Å². The van der Waals surface area contributed by atoms with Crippen LogP contribution in [0, 0.1) is 17.5 Å². The average Bonchev–Trinajstić information content (AvgIpc) is 2.57. The molecule has 0 spiro atoms. The maximum Gasteiger partial charge on any atom is 0.264 e. The van der Waals surface area contributed by atoms with Crippen LogP contribution in [-0.2, 0) is 0 Å². The van der Waals surface area contributed by atoms with Crippen LogP contribution in [0.15, 0.2) is 6.07 Å². The summed E-state index contributed by atoms with van der Waals surface area (Å²) < 4.78 is 43.5. The van der Waals surface area contributed by atoms with E-state index in [0.717, 1.165) is 14.1 Å². The van der Waals surface area contributed by atoms with Crippen molar-refractivity contribution >= 4 is 34.4 Å². The van der Waals surface area contributed by atoms with Gasteiger partial charge in [0.2, 0.25) is 0 Å². The highest BCUT2D eigenvalue weighted by Crippen LogP contribution is 2.41. The van der Waals surface area contributed by atoms with Crippen LogP contribution in [0.5, 0.6) is 0 Å². The number of nitrogens with zero attached hydrogens (tertiary/aromatic N) is 2. The van der Waals surface area contributed by atoms with E-state index in [2.05, 4.69) is 0 Å². The summed E-state index contributed by atoms with van der Waals surface area (Å²) in [5, 5.41) is -0.972. The molecule has 0 saturated heterocycles. The average molecular weight is 348 g/mol. The number of hydrogen-bond donors (Lipinski definition) is 0. The first-order chi connectivity index (χ1) is 11.7. The fourth-order valence-electron chi connectivity index (χ4n) is 3.25. The lowest BCUT2D eigenvalue weighted by Gasteiger charge is -2.30.